The van der Waals surface area contributed by atoms with Gasteiger partial charge in [0.1, 0.15) is 0 Å². The van der Waals surface area contributed by atoms with E-state index in [9.17, 15) is 4.79 Å². The van der Waals surface area contributed by atoms with Crippen LogP contribution in [0.3, 0.4) is 0 Å². The molecule has 0 aliphatic heterocycles. The molecule has 0 radical (unpaired) electrons. The lowest BCUT2D eigenvalue weighted by molar-refractivity contribution is -0.116. The van der Waals surface area contributed by atoms with Crippen LogP contribution in [-0.4, -0.2) is 33.7 Å². The van der Waals surface area contributed by atoms with Crippen LogP contribution >= 0.6 is 23.6 Å². The molecule has 2 aromatic rings. The van der Waals surface area contributed by atoms with Crippen molar-refractivity contribution in [2.24, 2.45) is 0 Å². The van der Waals surface area contributed by atoms with Gasteiger partial charge in [0.25, 0.3) is 0 Å². The first-order valence-corrected chi connectivity index (χ1v) is 9.93. The first-order valence-electron chi connectivity index (χ1n) is 8.70. The lowest BCUT2D eigenvalue weighted by Gasteiger charge is -2.25. The highest BCUT2D eigenvalue weighted by atomic mass is 32.1. The third-order valence-corrected chi connectivity index (χ3v) is 6.35. The summed E-state index contributed by atoms with van der Waals surface area (Å²) in [5, 5.41) is 5.39. The Balaban J connectivity index is 1.53. The molecule has 1 fully saturated rings. The smallest absolute Gasteiger partial charge is 0.225 e. The lowest BCUT2D eigenvalue weighted by Crippen LogP contribution is -2.31. The minimum atomic E-state index is 0.0523. The van der Waals surface area contributed by atoms with E-state index in [-0.39, 0.29) is 5.91 Å². The highest BCUT2D eigenvalue weighted by Gasteiger charge is 2.34. The van der Waals surface area contributed by atoms with Gasteiger partial charge in [-0.15, -0.1) is 5.10 Å². The number of aromatic nitrogens is 2. The van der Waals surface area contributed by atoms with Gasteiger partial charge in [-0.3, -0.25) is 14.6 Å². The molecule has 2 aliphatic rings. The van der Waals surface area contributed by atoms with Crippen LogP contribution in [0.25, 0.3) is 0 Å². The predicted molar refractivity (Wildman–Crippen MR) is 102 cm³/mol. The van der Waals surface area contributed by atoms with Crippen molar-refractivity contribution >= 4 is 34.6 Å². The summed E-state index contributed by atoms with van der Waals surface area (Å²) in [5.41, 5.74) is 2.86. The van der Waals surface area contributed by atoms with E-state index in [1.807, 2.05) is 9.58 Å². The zero-order chi connectivity index (χ0) is 17.6. The number of aryl methyl sites for hydroxylation is 1. The number of amides is 1. The summed E-state index contributed by atoms with van der Waals surface area (Å²) in [6, 6.07) is 9.37. The van der Waals surface area contributed by atoms with Gasteiger partial charge in [-0.2, -0.15) is 0 Å². The van der Waals surface area contributed by atoms with Crippen LogP contribution in [0.2, 0.25) is 0 Å². The molecule has 1 heterocycles. The van der Waals surface area contributed by atoms with Crippen molar-refractivity contribution in [3.8, 4) is 0 Å². The van der Waals surface area contributed by atoms with Crippen molar-refractivity contribution in [3.63, 3.8) is 0 Å². The molecule has 5 nitrogen and oxygen atoms in total. The van der Waals surface area contributed by atoms with E-state index in [1.165, 1.54) is 22.5 Å². The Morgan fingerprint density at radius 2 is 2.12 bits per heavy atom. The average Bonchev–Trinajstić information content (AvgIpc) is 3.20. The van der Waals surface area contributed by atoms with Crippen molar-refractivity contribution in [1.82, 2.24) is 14.7 Å². The van der Waals surface area contributed by atoms with E-state index < -0.39 is 0 Å². The largest absolute Gasteiger partial charge is 0.284 e. The van der Waals surface area contributed by atoms with Crippen molar-refractivity contribution < 1.29 is 4.79 Å². The summed E-state index contributed by atoms with van der Waals surface area (Å²) in [6.45, 7) is 2.25. The molecule has 25 heavy (non-hydrogen) atoms. The van der Waals surface area contributed by atoms with Gasteiger partial charge in [0.15, 0.2) is 3.95 Å². The maximum Gasteiger partial charge on any atom is 0.225 e. The second-order valence-corrected chi connectivity index (χ2v) is 8.52. The van der Waals surface area contributed by atoms with Crippen LogP contribution in [0, 0.1) is 3.95 Å². The van der Waals surface area contributed by atoms with E-state index in [1.54, 1.807) is 6.92 Å². The summed E-state index contributed by atoms with van der Waals surface area (Å²) in [5.74, 6) is 0.0523. The molecule has 1 atom stereocenters. The third-order valence-electron chi connectivity index (χ3n) is 5.04. The van der Waals surface area contributed by atoms with Crippen LogP contribution in [0.1, 0.15) is 43.4 Å². The van der Waals surface area contributed by atoms with Gasteiger partial charge in [0.05, 0.1) is 6.67 Å². The molecule has 0 unspecified atom stereocenters. The Bertz CT molecular complexity index is 855. The van der Waals surface area contributed by atoms with Crippen LogP contribution < -0.4 is 4.90 Å². The zero-order valence-corrected chi connectivity index (χ0v) is 16.1. The molecule has 1 amide bonds. The van der Waals surface area contributed by atoms with E-state index >= 15 is 0 Å². The molecule has 1 aromatic carbocycles. The molecule has 0 N–H and O–H groups in total. The standard InChI is InChI=1S/C18H22N4OS2/c1-12(23)22(14-8-9-14)17-19-21(18(24)25-17)11-20(2)16-10-7-13-5-3-4-6-15(13)16/h3-6,14,16H,7-11H2,1-2H3/t16-/m0/s1. The zero-order valence-electron chi connectivity index (χ0n) is 14.5. The first kappa shape index (κ1) is 16.9. The number of hydrogen-bond acceptors (Lipinski definition) is 5. The second-order valence-electron chi connectivity index (χ2n) is 6.92. The number of nitrogens with zero attached hydrogens (tertiary/aromatic N) is 4. The predicted octanol–water partition coefficient (Wildman–Crippen LogP) is 3.77. The highest BCUT2D eigenvalue weighted by molar-refractivity contribution is 7.73. The summed E-state index contributed by atoms with van der Waals surface area (Å²) in [7, 11) is 2.12. The second kappa shape index (κ2) is 6.63. The molecule has 1 aromatic heterocycles. The van der Waals surface area contributed by atoms with Gasteiger partial charge in [0.2, 0.25) is 11.0 Å². The molecule has 7 heteroatoms. The lowest BCUT2D eigenvalue weighted by atomic mass is 10.1. The summed E-state index contributed by atoms with van der Waals surface area (Å²) in [4.78, 5) is 16.1. The van der Waals surface area contributed by atoms with Crippen LogP contribution in [0.4, 0.5) is 5.13 Å². The minimum Gasteiger partial charge on any atom is -0.284 e. The fourth-order valence-electron chi connectivity index (χ4n) is 3.67. The fraction of sp³-hybridized carbons (Fsp3) is 0.500. The van der Waals surface area contributed by atoms with Gasteiger partial charge >= 0.3 is 0 Å². The Morgan fingerprint density at radius 3 is 2.84 bits per heavy atom. The van der Waals surface area contributed by atoms with Crippen LogP contribution in [-0.2, 0) is 17.9 Å². The Labute approximate surface area is 156 Å². The molecule has 0 bridgehead atoms. The quantitative estimate of drug-likeness (QED) is 0.747. The van der Waals surface area contributed by atoms with E-state index in [0.717, 1.165) is 34.8 Å². The first-order chi connectivity index (χ1) is 12.0. The van der Waals surface area contributed by atoms with Crippen LogP contribution in [0.5, 0.6) is 0 Å². The average molecular weight is 375 g/mol. The Morgan fingerprint density at radius 1 is 1.36 bits per heavy atom. The maximum atomic E-state index is 12.0. The highest BCUT2D eigenvalue weighted by Crippen LogP contribution is 2.36. The maximum absolute atomic E-state index is 12.0. The molecular weight excluding hydrogens is 352 g/mol. The molecular formula is C18H22N4OS2. The van der Waals surface area contributed by atoms with E-state index in [0.29, 0.717) is 18.8 Å². The number of hydrogen-bond donors (Lipinski definition) is 0. The molecule has 4 rings (SSSR count). The van der Waals surface area contributed by atoms with E-state index in [2.05, 4.69) is 41.3 Å². The normalized spacial score (nSPS) is 19.2. The summed E-state index contributed by atoms with van der Waals surface area (Å²) < 4.78 is 2.58. The number of fused-ring (bicyclic) bond motifs is 1. The Kier molecular flexibility index (Phi) is 4.47. The minimum absolute atomic E-state index is 0.0523. The molecule has 132 valence electrons. The van der Waals surface area contributed by atoms with Gasteiger partial charge in [-0.1, -0.05) is 35.6 Å². The number of carbonyl (C=O) groups excluding carboxylic acids is 1. The van der Waals surface area contributed by atoms with Crippen molar-refractivity contribution in [1.29, 1.82) is 0 Å². The van der Waals surface area contributed by atoms with Crippen LogP contribution in [0.15, 0.2) is 24.3 Å². The van der Waals surface area contributed by atoms with Gasteiger partial charge < -0.3 is 0 Å². The number of anilines is 1. The fourth-order valence-corrected chi connectivity index (χ4v) is 4.86. The number of carbonyl (C=O) groups is 1. The summed E-state index contributed by atoms with van der Waals surface area (Å²) >= 11 is 6.95. The SMILES string of the molecule is CC(=O)N(c1nn(CN(C)[C@H]2CCc3ccccc32)c(=S)s1)C1CC1. The Hall–Kier alpha value is -1.57. The van der Waals surface area contributed by atoms with Gasteiger partial charge in [-0.25, -0.2) is 4.68 Å². The number of benzene rings is 1. The van der Waals surface area contributed by atoms with E-state index in [4.69, 9.17) is 12.2 Å². The monoisotopic (exact) mass is 374 g/mol. The van der Waals surface area contributed by atoms with Gasteiger partial charge in [0, 0.05) is 19.0 Å². The topological polar surface area (TPSA) is 41.4 Å². The molecule has 0 saturated heterocycles. The molecule has 2 aliphatic carbocycles. The van der Waals surface area contributed by atoms with Crippen molar-refractivity contribution in [3.05, 3.63) is 39.3 Å². The molecule has 0 spiro atoms. The third kappa shape index (κ3) is 3.28. The summed E-state index contributed by atoms with van der Waals surface area (Å²) in [6.07, 6.45) is 4.37. The van der Waals surface area contributed by atoms with Crippen molar-refractivity contribution in [2.75, 3.05) is 11.9 Å². The van der Waals surface area contributed by atoms with Crippen molar-refractivity contribution in [2.45, 2.75) is 51.4 Å². The van der Waals surface area contributed by atoms with Gasteiger partial charge in [-0.05, 0) is 56.1 Å². The number of rotatable bonds is 5. The molecule has 1 saturated carbocycles.